The first kappa shape index (κ1) is 26.3. The Kier molecular flexibility index (Phi) is 9.78. The monoisotopic (exact) mass is 495 g/mol. The van der Waals surface area contributed by atoms with Crippen molar-refractivity contribution in [3.63, 3.8) is 0 Å². The lowest BCUT2D eigenvalue weighted by Crippen LogP contribution is -2.38. The Bertz CT molecular complexity index is 1030. The highest BCUT2D eigenvalue weighted by atomic mass is 32.1. The molecule has 0 bridgehead atoms. The maximum atomic E-state index is 13.4. The Labute approximate surface area is 212 Å². The van der Waals surface area contributed by atoms with Gasteiger partial charge in [-0.2, -0.15) is 0 Å². The summed E-state index contributed by atoms with van der Waals surface area (Å²) in [6, 6.07) is 15.1. The number of thiocarbonyl (C=S) groups is 1. The second-order valence-electron chi connectivity index (χ2n) is 8.47. The van der Waals surface area contributed by atoms with Crippen LogP contribution < -0.4 is 10.2 Å². The summed E-state index contributed by atoms with van der Waals surface area (Å²) in [6.45, 7) is 4.84. The van der Waals surface area contributed by atoms with E-state index in [1.54, 1.807) is 31.2 Å². The number of anilines is 2. The van der Waals surface area contributed by atoms with E-state index in [2.05, 4.69) is 12.2 Å². The highest BCUT2D eigenvalue weighted by Crippen LogP contribution is 2.28. The van der Waals surface area contributed by atoms with E-state index in [0.29, 0.717) is 35.2 Å². The van der Waals surface area contributed by atoms with E-state index in [4.69, 9.17) is 17.0 Å². The maximum Gasteiger partial charge on any atom is 0.338 e. The third kappa shape index (κ3) is 6.88. The van der Waals surface area contributed by atoms with Crippen molar-refractivity contribution in [1.29, 1.82) is 0 Å². The van der Waals surface area contributed by atoms with Crippen molar-refractivity contribution in [2.45, 2.75) is 58.4 Å². The lowest BCUT2D eigenvalue weighted by molar-refractivity contribution is -0.124. The van der Waals surface area contributed by atoms with Crippen LogP contribution in [0.2, 0.25) is 0 Å². The van der Waals surface area contributed by atoms with E-state index >= 15 is 0 Å². The summed E-state index contributed by atoms with van der Waals surface area (Å²) >= 11 is 5.70. The molecule has 0 radical (unpaired) electrons. The van der Waals surface area contributed by atoms with Gasteiger partial charge in [0.15, 0.2) is 5.11 Å². The van der Waals surface area contributed by atoms with Crippen LogP contribution in [0.1, 0.15) is 62.7 Å². The summed E-state index contributed by atoms with van der Waals surface area (Å²) in [4.78, 5) is 41.6. The Balaban J connectivity index is 1.69. The fourth-order valence-corrected chi connectivity index (χ4v) is 4.49. The standard InChI is InChI=1S/C27H33N3O4S/c1-3-5-6-7-11-18-29-23(25(32)30(27(29)35)22-12-9-8-10-13-22)19-24(31)28-21-16-14-20(15-17-21)26(33)34-4-2/h8-10,12-17,23H,3-7,11,18-19H2,1-2H3,(H,28,31). The van der Waals surface area contributed by atoms with Gasteiger partial charge < -0.3 is 15.0 Å². The van der Waals surface area contributed by atoms with Gasteiger partial charge in [-0.3, -0.25) is 14.5 Å². The molecule has 186 valence electrons. The van der Waals surface area contributed by atoms with Gasteiger partial charge in [-0.1, -0.05) is 50.8 Å². The maximum absolute atomic E-state index is 13.4. The molecule has 2 amide bonds. The molecule has 1 aliphatic heterocycles. The molecule has 7 nitrogen and oxygen atoms in total. The largest absolute Gasteiger partial charge is 0.462 e. The predicted molar refractivity (Wildman–Crippen MR) is 141 cm³/mol. The molecule has 0 aromatic heterocycles. The van der Waals surface area contributed by atoms with E-state index in [-0.39, 0.29) is 18.2 Å². The summed E-state index contributed by atoms with van der Waals surface area (Å²) < 4.78 is 4.99. The number of hydrogen-bond donors (Lipinski definition) is 1. The fraction of sp³-hybridized carbons (Fsp3) is 0.407. The molecular formula is C27H33N3O4S. The average molecular weight is 496 g/mol. The molecule has 2 aromatic rings. The quantitative estimate of drug-likeness (QED) is 0.249. The zero-order valence-corrected chi connectivity index (χ0v) is 21.2. The number of para-hydroxylation sites is 1. The van der Waals surface area contributed by atoms with Crippen molar-refractivity contribution < 1.29 is 19.1 Å². The molecule has 8 heteroatoms. The Morgan fingerprint density at radius 2 is 1.66 bits per heavy atom. The molecule has 0 aliphatic carbocycles. The van der Waals surface area contributed by atoms with Gasteiger partial charge in [0.2, 0.25) is 5.91 Å². The number of carbonyl (C=O) groups excluding carboxylic acids is 3. The second kappa shape index (κ2) is 13.0. The van der Waals surface area contributed by atoms with Crippen LogP contribution in [0.3, 0.4) is 0 Å². The minimum Gasteiger partial charge on any atom is -0.462 e. The summed E-state index contributed by atoms with van der Waals surface area (Å²) in [6.07, 6.45) is 5.42. The van der Waals surface area contributed by atoms with E-state index in [1.165, 1.54) is 11.3 Å². The second-order valence-corrected chi connectivity index (χ2v) is 8.83. The first-order valence-electron chi connectivity index (χ1n) is 12.2. The number of hydrogen-bond acceptors (Lipinski definition) is 5. The smallest absolute Gasteiger partial charge is 0.338 e. The highest BCUT2D eigenvalue weighted by Gasteiger charge is 2.43. The molecule has 1 heterocycles. The number of esters is 1. The Morgan fingerprint density at radius 3 is 2.31 bits per heavy atom. The third-order valence-corrected chi connectivity index (χ3v) is 6.31. The lowest BCUT2D eigenvalue weighted by Gasteiger charge is -2.24. The van der Waals surface area contributed by atoms with Gasteiger partial charge >= 0.3 is 5.97 Å². The summed E-state index contributed by atoms with van der Waals surface area (Å²) in [5.41, 5.74) is 1.66. The first-order valence-corrected chi connectivity index (χ1v) is 12.6. The summed E-state index contributed by atoms with van der Waals surface area (Å²) in [5.74, 6) is -0.894. The molecular weight excluding hydrogens is 462 g/mol. The van der Waals surface area contributed by atoms with Crippen molar-refractivity contribution in [2.24, 2.45) is 0 Å². The fourth-order valence-electron chi connectivity index (χ4n) is 4.08. The van der Waals surface area contributed by atoms with Gasteiger partial charge in [-0.15, -0.1) is 0 Å². The third-order valence-electron chi connectivity index (χ3n) is 5.89. The van der Waals surface area contributed by atoms with Crippen molar-refractivity contribution in [2.75, 3.05) is 23.4 Å². The van der Waals surface area contributed by atoms with Crippen LogP contribution in [0.5, 0.6) is 0 Å². The van der Waals surface area contributed by atoms with Crippen LogP contribution in [0.4, 0.5) is 11.4 Å². The van der Waals surface area contributed by atoms with Crippen LogP contribution >= 0.6 is 12.2 Å². The SMILES string of the molecule is CCCCCCCN1C(=S)N(c2ccccc2)C(=O)C1CC(=O)Nc1ccc(C(=O)OCC)cc1. The van der Waals surface area contributed by atoms with Crippen LogP contribution in [0.15, 0.2) is 54.6 Å². The van der Waals surface area contributed by atoms with Crippen LogP contribution in [0, 0.1) is 0 Å². The molecule has 1 atom stereocenters. The normalized spacial score (nSPS) is 15.4. The molecule has 35 heavy (non-hydrogen) atoms. The Hall–Kier alpha value is -3.26. The number of rotatable bonds is 12. The molecule has 1 N–H and O–H groups in total. The number of nitrogens with zero attached hydrogens (tertiary/aromatic N) is 2. The molecule has 3 rings (SSSR count). The van der Waals surface area contributed by atoms with Crippen LogP contribution in [0.25, 0.3) is 0 Å². The van der Waals surface area contributed by atoms with Crippen molar-refractivity contribution in [3.05, 3.63) is 60.2 Å². The highest BCUT2D eigenvalue weighted by molar-refractivity contribution is 7.80. The molecule has 1 saturated heterocycles. The zero-order chi connectivity index (χ0) is 25.2. The van der Waals surface area contributed by atoms with Gasteiger partial charge in [-0.05, 0) is 62.0 Å². The number of unbranched alkanes of at least 4 members (excludes halogenated alkanes) is 4. The molecule has 1 unspecified atom stereocenters. The number of benzene rings is 2. The van der Waals surface area contributed by atoms with E-state index in [0.717, 1.165) is 25.7 Å². The average Bonchev–Trinajstić information content (AvgIpc) is 3.08. The van der Waals surface area contributed by atoms with Crippen molar-refractivity contribution in [1.82, 2.24) is 4.90 Å². The number of amides is 2. The number of ether oxygens (including phenoxy) is 1. The molecule has 1 aliphatic rings. The van der Waals surface area contributed by atoms with E-state index < -0.39 is 12.0 Å². The minimum absolute atomic E-state index is 0.0170. The topological polar surface area (TPSA) is 79.0 Å². The summed E-state index contributed by atoms with van der Waals surface area (Å²) in [5, 5.41) is 3.27. The zero-order valence-electron chi connectivity index (χ0n) is 20.4. The van der Waals surface area contributed by atoms with Gasteiger partial charge in [0.25, 0.3) is 5.91 Å². The van der Waals surface area contributed by atoms with Gasteiger partial charge in [-0.25, -0.2) is 4.79 Å². The summed E-state index contributed by atoms with van der Waals surface area (Å²) in [7, 11) is 0. The van der Waals surface area contributed by atoms with Gasteiger partial charge in [0, 0.05) is 12.2 Å². The predicted octanol–water partition coefficient (Wildman–Crippen LogP) is 5.16. The Morgan fingerprint density at radius 1 is 0.971 bits per heavy atom. The molecule has 1 fully saturated rings. The minimum atomic E-state index is -0.660. The molecule has 0 spiro atoms. The first-order chi connectivity index (χ1) is 17.0. The number of carbonyl (C=O) groups is 3. The van der Waals surface area contributed by atoms with Crippen molar-refractivity contribution >= 4 is 46.5 Å². The van der Waals surface area contributed by atoms with E-state index in [9.17, 15) is 14.4 Å². The van der Waals surface area contributed by atoms with Gasteiger partial charge in [0.05, 0.1) is 24.3 Å². The van der Waals surface area contributed by atoms with E-state index in [1.807, 2.05) is 35.2 Å². The molecule has 0 saturated carbocycles. The lowest BCUT2D eigenvalue weighted by atomic mass is 10.1. The number of nitrogens with one attached hydrogen (secondary N) is 1. The van der Waals surface area contributed by atoms with Crippen LogP contribution in [-0.2, 0) is 14.3 Å². The van der Waals surface area contributed by atoms with Crippen LogP contribution in [-0.4, -0.2) is 47.0 Å². The van der Waals surface area contributed by atoms with Gasteiger partial charge in [0.1, 0.15) is 6.04 Å². The van der Waals surface area contributed by atoms with Crippen molar-refractivity contribution in [3.8, 4) is 0 Å². The molecule has 2 aromatic carbocycles.